The van der Waals surface area contributed by atoms with Gasteiger partial charge >= 0.3 is 0 Å². The minimum Gasteiger partial charge on any atom is -0.495 e. The maximum atomic E-state index is 12.1. The van der Waals surface area contributed by atoms with Crippen LogP contribution in [0.25, 0.3) is 0 Å². The molecule has 1 rings (SSSR count). The number of nitrogens with two attached hydrogens (primary N) is 1. The zero-order chi connectivity index (χ0) is 13.8. The minimum atomic E-state index is -3.64. The first-order chi connectivity index (χ1) is 8.46. The molecule has 0 saturated heterocycles. The van der Waals surface area contributed by atoms with Crippen molar-refractivity contribution < 1.29 is 13.2 Å². The van der Waals surface area contributed by atoms with Crippen LogP contribution in [0.3, 0.4) is 0 Å². The highest BCUT2D eigenvalue weighted by Gasteiger charge is 2.22. The topological polar surface area (TPSA) is 81.4 Å². The number of rotatable bonds is 6. The zero-order valence-electron chi connectivity index (χ0n) is 10.4. The number of ether oxygens (including phenoxy) is 1. The quantitative estimate of drug-likeness (QED) is 0.832. The summed E-state index contributed by atoms with van der Waals surface area (Å²) in [6, 6.07) is 2.96. The summed E-state index contributed by atoms with van der Waals surface area (Å²) in [5, 5.41) is 0.313. The summed E-state index contributed by atoms with van der Waals surface area (Å²) in [6.07, 6.45) is 0.700. The maximum Gasteiger partial charge on any atom is 0.244 e. The molecule has 18 heavy (non-hydrogen) atoms. The third kappa shape index (κ3) is 3.35. The Hall–Kier alpha value is -0.820. The fraction of sp³-hybridized carbons (Fsp3) is 0.455. The van der Waals surface area contributed by atoms with Crippen molar-refractivity contribution in [2.45, 2.75) is 24.8 Å². The molecule has 0 aliphatic carbocycles. The molecule has 0 aromatic heterocycles. The van der Waals surface area contributed by atoms with E-state index in [4.69, 9.17) is 22.1 Å². The number of nitrogens with one attached hydrogen (secondary N) is 1. The maximum absolute atomic E-state index is 12.1. The van der Waals surface area contributed by atoms with Crippen LogP contribution in [0, 0.1) is 0 Å². The van der Waals surface area contributed by atoms with Crippen LogP contribution in [-0.2, 0) is 16.6 Å². The van der Waals surface area contributed by atoms with Crippen LogP contribution < -0.4 is 15.2 Å². The van der Waals surface area contributed by atoms with Gasteiger partial charge in [0.2, 0.25) is 10.0 Å². The Labute approximate surface area is 112 Å². The Morgan fingerprint density at radius 1 is 1.44 bits per heavy atom. The smallest absolute Gasteiger partial charge is 0.244 e. The third-order valence-electron chi connectivity index (χ3n) is 2.35. The van der Waals surface area contributed by atoms with E-state index in [9.17, 15) is 8.42 Å². The molecule has 1 aromatic carbocycles. The highest BCUT2D eigenvalue weighted by molar-refractivity contribution is 7.89. The predicted molar refractivity (Wildman–Crippen MR) is 71.4 cm³/mol. The number of methoxy groups -OCH3 is 1. The van der Waals surface area contributed by atoms with E-state index in [1.807, 2.05) is 6.92 Å². The van der Waals surface area contributed by atoms with Crippen molar-refractivity contribution in [1.29, 1.82) is 0 Å². The summed E-state index contributed by atoms with van der Waals surface area (Å²) in [7, 11) is -2.23. The largest absolute Gasteiger partial charge is 0.495 e. The summed E-state index contributed by atoms with van der Waals surface area (Å²) < 4.78 is 31.8. The minimum absolute atomic E-state index is 0.0198. The molecule has 0 heterocycles. The van der Waals surface area contributed by atoms with Crippen LogP contribution in [0.5, 0.6) is 5.75 Å². The molecule has 0 bridgehead atoms. The average molecular weight is 293 g/mol. The molecule has 7 heteroatoms. The van der Waals surface area contributed by atoms with E-state index >= 15 is 0 Å². The molecule has 0 unspecified atom stereocenters. The van der Waals surface area contributed by atoms with E-state index in [1.165, 1.54) is 13.2 Å². The molecule has 0 atom stereocenters. The molecule has 0 aliphatic rings. The Morgan fingerprint density at radius 2 is 2.11 bits per heavy atom. The zero-order valence-corrected chi connectivity index (χ0v) is 11.9. The predicted octanol–water partition coefficient (Wildman–Crippen LogP) is 1.50. The highest BCUT2D eigenvalue weighted by Crippen LogP contribution is 2.31. The lowest BCUT2D eigenvalue weighted by Crippen LogP contribution is -2.25. The van der Waals surface area contributed by atoms with Gasteiger partial charge < -0.3 is 10.5 Å². The summed E-state index contributed by atoms with van der Waals surface area (Å²) in [5.74, 6) is 0.241. The van der Waals surface area contributed by atoms with Gasteiger partial charge in [0.05, 0.1) is 7.11 Å². The molecule has 0 radical (unpaired) electrons. The molecular weight excluding hydrogens is 276 g/mol. The van der Waals surface area contributed by atoms with Gasteiger partial charge in [-0.2, -0.15) is 0 Å². The lowest BCUT2D eigenvalue weighted by Gasteiger charge is -2.14. The Balaban J connectivity index is 3.34. The second-order valence-corrected chi connectivity index (χ2v) is 5.87. The van der Waals surface area contributed by atoms with Gasteiger partial charge in [0.15, 0.2) is 0 Å². The molecule has 102 valence electrons. The van der Waals surface area contributed by atoms with Gasteiger partial charge in [0, 0.05) is 23.7 Å². The number of sulfonamides is 1. The summed E-state index contributed by atoms with van der Waals surface area (Å²) in [6.45, 7) is 2.39. The molecular formula is C11H17ClN2O3S. The van der Waals surface area contributed by atoms with Crippen LogP contribution in [0.4, 0.5) is 0 Å². The van der Waals surface area contributed by atoms with Crippen LogP contribution in [0.15, 0.2) is 17.0 Å². The van der Waals surface area contributed by atoms with E-state index in [0.717, 1.165) is 0 Å². The summed E-state index contributed by atoms with van der Waals surface area (Å²) in [4.78, 5) is 0.0198. The van der Waals surface area contributed by atoms with Crippen LogP contribution in [0.2, 0.25) is 5.02 Å². The standard InChI is InChI=1S/C11H17ClN2O3S/c1-3-4-14-18(15,16)10-6-9(12)5-8(7-13)11(10)17-2/h5-6,14H,3-4,7,13H2,1-2H3. The van der Waals surface area contributed by atoms with Gasteiger partial charge in [-0.15, -0.1) is 0 Å². The number of halogens is 1. The van der Waals surface area contributed by atoms with E-state index in [2.05, 4.69) is 4.72 Å². The van der Waals surface area contributed by atoms with Crippen molar-refractivity contribution in [3.8, 4) is 5.75 Å². The molecule has 0 fully saturated rings. The molecule has 0 aliphatic heterocycles. The summed E-state index contributed by atoms with van der Waals surface area (Å²) >= 11 is 5.89. The SMILES string of the molecule is CCCNS(=O)(=O)c1cc(Cl)cc(CN)c1OC. The van der Waals surface area contributed by atoms with E-state index in [-0.39, 0.29) is 17.2 Å². The van der Waals surface area contributed by atoms with Crippen molar-refractivity contribution in [3.05, 3.63) is 22.7 Å². The van der Waals surface area contributed by atoms with Gasteiger partial charge in [-0.3, -0.25) is 0 Å². The lowest BCUT2D eigenvalue weighted by molar-refractivity contribution is 0.397. The van der Waals surface area contributed by atoms with Crippen LogP contribution in [-0.4, -0.2) is 22.1 Å². The van der Waals surface area contributed by atoms with Crippen molar-refractivity contribution in [2.24, 2.45) is 5.73 Å². The van der Waals surface area contributed by atoms with Gasteiger partial charge in [0.1, 0.15) is 10.6 Å². The number of hydrogen-bond donors (Lipinski definition) is 2. The van der Waals surface area contributed by atoms with E-state index in [1.54, 1.807) is 6.07 Å². The van der Waals surface area contributed by atoms with E-state index in [0.29, 0.717) is 23.6 Å². The summed E-state index contributed by atoms with van der Waals surface area (Å²) in [5.41, 5.74) is 6.11. The van der Waals surface area contributed by atoms with Gasteiger partial charge in [0.25, 0.3) is 0 Å². The first-order valence-electron chi connectivity index (χ1n) is 5.52. The molecule has 1 aromatic rings. The monoisotopic (exact) mass is 292 g/mol. The van der Waals surface area contributed by atoms with Gasteiger partial charge in [-0.25, -0.2) is 13.1 Å². The normalized spacial score (nSPS) is 11.6. The van der Waals surface area contributed by atoms with Crippen LogP contribution >= 0.6 is 11.6 Å². The molecule has 5 nitrogen and oxygen atoms in total. The van der Waals surface area contributed by atoms with Crippen molar-refractivity contribution in [3.63, 3.8) is 0 Å². The first kappa shape index (κ1) is 15.2. The molecule has 0 amide bonds. The second kappa shape index (κ2) is 6.38. The molecule has 0 saturated carbocycles. The second-order valence-electron chi connectivity index (χ2n) is 3.70. The number of hydrogen-bond acceptors (Lipinski definition) is 4. The van der Waals surface area contributed by atoms with Gasteiger partial charge in [-0.05, 0) is 18.6 Å². The van der Waals surface area contributed by atoms with Gasteiger partial charge in [-0.1, -0.05) is 18.5 Å². The third-order valence-corrected chi connectivity index (χ3v) is 4.04. The fourth-order valence-electron chi connectivity index (χ4n) is 1.52. The lowest BCUT2D eigenvalue weighted by atomic mass is 10.2. The Bertz CT molecular complexity index is 517. The Morgan fingerprint density at radius 3 is 2.61 bits per heavy atom. The van der Waals surface area contributed by atoms with Crippen molar-refractivity contribution in [2.75, 3.05) is 13.7 Å². The number of benzene rings is 1. The van der Waals surface area contributed by atoms with Crippen molar-refractivity contribution >= 4 is 21.6 Å². The average Bonchev–Trinajstić information content (AvgIpc) is 2.35. The fourth-order valence-corrected chi connectivity index (χ4v) is 3.19. The van der Waals surface area contributed by atoms with Crippen LogP contribution in [0.1, 0.15) is 18.9 Å². The molecule has 3 N–H and O–H groups in total. The van der Waals surface area contributed by atoms with E-state index < -0.39 is 10.0 Å². The first-order valence-corrected chi connectivity index (χ1v) is 7.38. The van der Waals surface area contributed by atoms with Crippen molar-refractivity contribution in [1.82, 2.24) is 4.72 Å². The molecule has 0 spiro atoms. The highest BCUT2D eigenvalue weighted by atomic mass is 35.5. The Kier molecular flexibility index (Phi) is 5.40.